The molecule has 0 spiro atoms. The Morgan fingerprint density at radius 1 is 1.04 bits per heavy atom. The van der Waals surface area contributed by atoms with Gasteiger partial charge in [-0.2, -0.15) is 0 Å². The van der Waals surface area contributed by atoms with Gasteiger partial charge < -0.3 is 9.13 Å². The molecule has 3 nitrogen and oxygen atoms in total. The maximum absolute atomic E-state index is 13.1. The van der Waals surface area contributed by atoms with E-state index < -0.39 is 16.5 Å². The fourth-order valence-electron chi connectivity index (χ4n) is 4.82. The molecule has 0 aliphatic carbocycles. The maximum atomic E-state index is 13.1. The molecular weight excluding hydrogens is 316 g/mol. The summed E-state index contributed by atoms with van der Waals surface area (Å²) in [6, 6.07) is 13.8. The summed E-state index contributed by atoms with van der Waals surface area (Å²) < 4.78 is 2.77. The van der Waals surface area contributed by atoms with Crippen molar-refractivity contribution in [3.63, 3.8) is 0 Å². The predicted molar refractivity (Wildman–Crippen MR) is 101 cm³/mol. The van der Waals surface area contributed by atoms with E-state index in [9.17, 15) is 4.79 Å². The molecule has 1 aromatic carbocycles. The molecule has 23 heavy (non-hydrogen) atoms. The summed E-state index contributed by atoms with van der Waals surface area (Å²) in [4.78, 5) is 15.2. The molecule has 2 aliphatic heterocycles. The lowest BCUT2D eigenvalue weighted by molar-refractivity contribution is -0.156. The van der Waals surface area contributed by atoms with E-state index in [1.807, 2.05) is 6.07 Å². The zero-order valence-corrected chi connectivity index (χ0v) is 17.3. The number of carbonyl (C=O) groups excluding carboxylic acids is 1. The van der Waals surface area contributed by atoms with Gasteiger partial charge in [0.2, 0.25) is 5.91 Å². The molecular formula is C18H30N2OSi2. The monoisotopic (exact) mass is 346 g/mol. The van der Waals surface area contributed by atoms with E-state index in [1.54, 1.807) is 0 Å². The van der Waals surface area contributed by atoms with Crippen LogP contribution in [0.2, 0.25) is 38.3 Å². The number of likely N-dealkylation sites (tertiary alicyclic amines) is 1. The van der Waals surface area contributed by atoms with Gasteiger partial charge in [0.15, 0.2) is 0 Å². The molecule has 1 aromatic rings. The van der Waals surface area contributed by atoms with E-state index in [2.05, 4.69) is 73.4 Å². The molecule has 1 unspecified atom stereocenters. The quantitative estimate of drug-likeness (QED) is 0.608. The van der Waals surface area contributed by atoms with Gasteiger partial charge in [0.05, 0.1) is 18.1 Å². The van der Waals surface area contributed by atoms with E-state index in [0.717, 1.165) is 0 Å². The van der Waals surface area contributed by atoms with Crippen LogP contribution in [-0.2, 0) is 4.79 Å². The molecule has 126 valence electrons. The number of nitrogens with zero attached hydrogens (tertiary/aromatic N) is 2. The van der Waals surface area contributed by atoms with Gasteiger partial charge in [-0.1, -0.05) is 56.5 Å². The number of amides is 1. The molecule has 5 heteroatoms. The number of hydrogen-bond acceptors (Lipinski definition) is 2. The van der Waals surface area contributed by atoms with E-state index in [4.69, 9.17) is 0 Å². The highest BCUT2D eigenvalue weighted by molar-refractivity contribution is 6.95. The molecule has 0 saturated carbocycles. The van der Waals surface area contributed by atoms with Crippen molar-refractivity contribution in [2.45, 2.75) is 70.2 Å². The predicted octanol–water partition coefficient (Wildman–Crippen LogP) is 4.07. The second-order valence-electron chi connectivity index (χ2n) is 8.51. The maximum Gasteiger partial charge on any atom is 0.241 e. The Kier molecular flexibility index (Phi) is 4.10. The number of carbonyl (C=O) groups is 1. The third kappa shape index (κ3) is 2.63. The lowest BCUT2D eigenvalue weighted by Crippen LogP contribution is -2.76. The van der Waals surface area contributed by atoms with Crippen LogP contribution in [0.4, 0.5) is 0 Å². The van der Waals surface area contributed by atoms with Gasteiger partial charge in [0.1, 0.15) is 16.5 Å². The standard InChI is InChI=1S/C18H30N2OSi2/c1-14(16-10-8-7-9-11-16)19-15(2)17(18(19)21)20-22(3,4)12-13-23(20,5)6/h7-11,14-15,17H,12-13H2,1-6H3/t14?,15-,17-/m1/s1. The summed E-state index contributed by atoms with van der Waals surface area (Å²) in [5.74, 6) is 0.358. The summed E-state index contributed by atoms with van der Waals surface area (Å²) in [7, 11) is -2.83. The number of hydrogen-bond donors (Lipinski definition) is 0. The second kappa shape index (κ2) is 5.57. The summed E-state index contributed by atoms with van der Waals surface area (Å²) in [6.45, 7) is 14.2. The van der Waals surface area contributed by atoms with Crippen molar-refractivity contribution in [1.29, 1.82) is 0 Å². The minimum Gasteiger partial charge on any atom is -0.333 e. The van der Waals surface area contributed by atoms with Crippen molar-refractivity contribution >= 4 is 22.4 Å². The molecule has 2 saturated heterocycles. The molecule has 0 bridgehead atoms. The van der Waals surface area contributed by atoms with Crippen molar-refractivity contribution < 1.29 is 4.79 Å². The largest absolute Gasteiger partial charge is 0.333 e. The lowest BCUT2D eigenvalue weighted by atomic mass is 9.92. The number of rotatable bonds is 3. The van der Waals surface area contributed by atoms with Crippen molar-refractivity contribution in [3.05, 3.63) is 35.9 Å². The van der Waals surface area contributed by atoms with Gasteiger partial charge in [-0.05, 0) is 31.5 Å². The third-order valence-corrected chi connectivity index (χ3v) is 16.3. The van der Waals surface area contributed by atoms with Crippen LogP contribution < -0.4 is 0 Å². The van der Waals surface area contributed by atoms with Crippen LogP contribution in [0.5, 0.6) is 0 Å². The van der Waals surface area contributed by atoms with Crippen LogP contribution >= 0.6 is 0 Å². The fraction of sp³-hybridized carbons (Fsp3) is 0.611. The first kappa shape index (κ1) is 16.9. The average molecular weight is 347 g/mol. The Morgan fingerprint density at radius 2 is 1.57 bits per heavy atom. The van der Waals surface area contributed by atoms with E-state index in [-0.39, 0.29) is 12.1 Å². The molecule has 0 aromatic heterocycles. The van der Waals surface area contributed by atoms with E-state index in [1.165, 1.54) is 17.7 Å². The van der Waals surface area contributed by atoms with Gasteiger partial charge in [0, 0.05) is 0 Å². The zero-order valence-electron chi connectivity index (χ0n) is 15.3. The molecule has 3 atom stereocenters. The average Bonchev–Trinajstić information content (AvgIpc) is 2.71. The summed E-state index contributed by atoms with van der Waals surface area (Å²) in [5, 5.41) is 0. The topological polar surface area (TPSA) is 23.6 Å². The Bertz CT molecular complexity index is 586. The molecule has 2 fully saturated rings. The smallest absolute Gasteiger partial charge is 0.241 e. The van der Waals surface area contributed by atoms with Crippen LogP contribution in [0.3, 0.4) is 0 Å². The summed E-state index contributed by atoms with van der Waals surface area (Å²) in [6.07, 6.45) is 0. The highest BCUT2D eigenvalue weighted by atomic mass is 28.4. The molecule has 1 amide bonds. The second-order valence-corrected chi connectivity index (χ2v) is 18.2. The van der Waals surface area contributed by atoms with E-state index >= 15 is 0 Å². The Hall–Kier alpha value is -0.916. The van der Waals surface area contributed by atoms with Crippen molar-refractivity contribution in [2.75, 3.05) is 0 Å². The molecule has 3 rings (SSSR count). The highest BCUT2D eigenvalue weighted by Crippen LogP contribution is 2.44. The van der Waals surface area contributed by atoms with Crippen LogP contribution in [-0.4, -0.2) is 43.6 Å². The summed E-state index contributed by atoms with van der Waals surface area (Å²) >= 11 is 0. The van der Waals surface area contributed by atoms with Crippen molar-refractivity contribution in [1.82, 2.24) is 9.13 Å². The van der Waals surface area contributed by atoms with E-state index in [0.29, 0.717) is 11.9 Å². The lowest BCUT2D eigenvalue weighted by Gasteiger charge is -2.57. The number of benzene rings is 1. The molecule has 0 radical (unpaired) electrons. The Morgan fingerprint density at radius 3 is 2.04 bits per heavy atom. The molecule has 2 aliphatic rings. The first-order valence-corrected chi connectivity index (χ1v) is 15.1. The van der Waals surface area contributed by atoms with Gasteiger partial charge in [-0.3, -0.25) is 4.79 Å². The normalized spacial score (nSPS) is 31.0. The first-order valence-electron chi connectivity index (χ1n) is 8.83. The minimum absolute atomic E-state index is 0.145. The van der Waals surface area contributed by atoms with Crippen molar-refractivity contribution in [2.24, 2.45) is 0 Å². The zero-order chi connectivity index (χ0) is 17.0. The Labute approximate surface area is 142 Å². The number of β-lactam (4-membered cyclic amide) rings is 1. The van der Waals surface area contributed by atoms with Gasteiger partial charge in [-0.15, -0.1) is 0 Å². The van der Waals surface area contributed by atoms with Gasteiger partial charge in [0.25, 0.3) is 0 Å². The molecule has 2 heterocycles. The van der Waals surface area contributed by atoms with Gasteiger partial charge >= 0.3 is 0 Å². The fourth-order valence-corrected chi connectivity index (χ4v) is 19.6. The highest BCUT2D eigenvalue weighted by Gasteiger charge is 2.59. The van der Waals surface area contributed by atoms with Gasteiger partial charge in [-0.25, -0.2) is 0 Å². The third-order valence-electron chi connectivity index (χ3n) is 6.03. The summed E-state index contributed by atoms with van der Waals surface area (Å²) in [5.41, 5.74) is 1.24. The van der Waals surface area contributed by atoms with Crippen LogP contribution in [0.1, 0.15) is 25.5 Å². The van der Waals surface area contributed by atoms with Crippen LogP contribution in [0, 0.1) is 0 Å². The first-order chi connectivity index (χ1) is 10.7. The Balaban J connectivity index is 1.83. The SMILES string of the molecule is CC(c1ccccc1)N1C(=O)[C@H](N2[Si](C)(C)CC[Si]2(C)C)[C@H]1C. The molecule has 0 N–H and O–H groups in total. The van der Waals surface area contributed by atoms with Crippen LogP contribution in [0.25, 0.3) is 0 Å². The van der Waals surface area contributed by atoms with Crippen molar-refractivity contribution in [3.8, 4) is 0 Å². The van der Waals surface area contributed by atoms with Crippen LogP contribution in [0.15, 0.2) is 30.3 Å². The minimum atomic E-state index is -1.42.